The van der Waals surface area contributed by atoms with Crippen molar-refractivity contribution in [1.29, 1.82) is 0 Å². The van der Waals surface area contributed by atoms with E-state index in [1.807, 2.05) is 0 Å². The number of carbonyl (C=O) groups excluding carboxylic acids is 2. The van der Waals surface area contributed by atoms with Crippen molar-refractivity contribution < 1.29 is 19.1 Å². The van der Waals surface area contributed by atoms with Gasteiger partial charge in [-0.15, -0.1) is 0 Å². The fourth-order valence-corrected chi connectivity index (χ4v) is 2.55. The molecule has 1 aromatic carbocycles. The molecule has 21 heavy (non-hydrogen) atoms. The van der Waals surface area contributed by atoms with Crippen molar-refractivity contribution in [2.75, 3.05) is 32.2 Å². The fraction of sp³-hybridized carbons (Fsp3) is 0.467. The summed E-state index contributed by atoms with van der Waals surface area (Å²) < 4.78 is 10.5. The van der Waals surface area contributed by atoms with E-state index in [0.717, 1.165) is 0 Å². The molecule has 0 radical (unpaired) electrons. The van der Waals surface area contributed by atoms with E-state index in [9.17, 15) is 9.59 Å². The first-order valence-electron chi connectivity index (χ1n) is 6.79. The molecule has 6 heteroatoms. The maximum Gasteiger partial charge on any atom is 0.227 e. The van der Waals surface area contributed by atoms with Crippen LogP contribution in [0.15, 0.2) is 12.1 Å². The van der Waals surface area contributed by atoms with E-state index in [-0.39, 0.29) is 17.6 Å². The van der Waals surface area contributed by atoms with Gasteiger partial charge in [0.05, 0.1) is 19.9 Å². The van der Waals surface area contributed by atoms with Crippen LogP contribution in [0, 0.1) is 5.92 Å². The number of nitrogens with two attached hydrogens (primary N) is 1. The van der Waals surface area contributed by atoms with Gasteiger partial charge in [0.15, 0.2) is 17.3 Å². The number of benzene rings is 1. The van der Waals surface area contributed by atoms with Crippen LogP contribution in [0.3, 0.4) is 0 Å². The normalized spacial score (nSPS) is 18.0. The lowest BCUT2D eigenvalue weighted by Gasteiger charge is -2.21. The zero-order valence-corrected chi connectivity index (χ0v) is 12.5. The van der Waals surface area contributed by atoms with Crippen molar-refractivity contribution in [1.82, 2.24) is 0 Å². The van der Waals surface area contributed by atoms with E-state index >= 15 is 0 Å². The Balaban J connectivity index is 2.51. The number of anilines is 1. The molecule has 1 aliphatic heterocycles. The molecule has 0 aromatic heterocycles. The average Bonchev–Trinajstić information content (AvgIpc) is 2.86. The highest BCUT2D eigenvalue weighted by Gasteiger charge is 2.32. The third kappa shape index (κ3) is 2.85. The van der Waals surface area contributed by atoms with Crippen molar-refractivity contribution in [3.8, 4) is 11.5 Å². The lowest BCUT2D eigenvalue weighted by molar-refractivity contribution is -0.117. The number of ether oxygens (including phenoxy) is 2. The van der Waals surface area contributed by atoms with Crippen LogP contribution >= 0.6 is 0 Å². The Morgan fingerprint density at radius 2 is 1.95 bits per heavy atom. The number of amides is 1. The molecule has 1 aromatic rings. The molecule has 1 heterocycles. The number of nitrogens with zero attached hydrogens (tertiary/aromatic N) is 1. The molecule has 1 saturated heterocycles. The van der Waals surface area contributed by atoms with Gasteiger partial charge in [-0.3, -0.25) is 9.59 Å². The Hall–Kier alpha value is -2.08. The number of rotatable bonds is 5. The molecule has 1 unspecified atom stereocenters. The zero-order chi connectivity index (χ0) is 15.6. The minimum atomic E-state index is -0.130. The predicted octanol–water partition coefficient (Wildman–Crippen LogP) is 1.22. The van der Waals surface area contributed by atoms with Crippen molar-refractivity contribution in [2.24, 2.45) is 11.7 Å². The summed E-state index contributed by atoms with van der Waals surface area (Å²) in [6.45, 7) is 2.43. The van der Waals surface area contributed by atoms with E-state index in [1.54, 1.807) is 17.0 Å². The highest BCUT2D eigenvalue weighted by Crippen LogP contribution is 2.37. The molecule has 114 valence electrons. The molecule has 2 rings (SSSR count). The predicted molar refractivity (Wildman–Crippen MR) is 79.1 cm³/mol. The van der Waals surface area contributed by atoms with Crippen molar-refractivity contribution in [2.45, 2.75) is 13.3 Å². The first-order valence-corrected chi connectivity index (χ1v) is 6.79. The van der Waals surface area contributed by atoms with Crippen LogP contribution in [0.4, 0.5) is 5.69 Å². The van der Waals surface area contributed by atoms with E-state index in [1.165, 1.54) is 21.1 Å². The summed E-state index contributed by atoms with van der Waals surface area (Å²) in [5.74, 6) is 0.912. The van der Waals surface area contributed by atoms with Gasteiger partial charge in [0.2, 0.25) is 5.91 Å². The first kappa shape index (κ1) is 15.3. The van der Waals surface area contributed by atoms with Crippen LogP contribution in [0.1, 0.15) is 23.7 Å². The highest BCUT2D eigenvalue weighted by molar-refractivity contribution is 6.06. The van der Waals surface area contributed by atoms with Crippen LogP contribution in [0.5, 0.6) is 11.5 Å². The number of Topliss-reactive ketones (excluding diaryl/α,β-unsaturated/α-hetero) is 1. The zero-order valence-electron chi connectivity index (χ0n) is 12.5. The van der Waals surface area contributed by atoms with E-state index < -0.39 is 0 Å². The molecule has 0 saturated carbocycles. The standard InChI is InChI=1S/C15H20N2O4/c1-9(18)11-5-13(20-2)14(21-3)6-12(11)17-8-10(7-16)4-15(17)19/h5-6,10H,4,7-8,16H2,1-3H3. The molecule has 1 fully saturated rings. The topological polar surface area (TPSA) is 81.9 Å². The Morgan fingerprint density at radius 1 is 1.33 bits per heavy atom. The fourth-order valence-electron chi connectivity index (χ4n) is 2.55. The monoisotopic (exact) mass is 292 g/mol. The van der Waals surface area contributed by atoms with Crippen LogP contribution in [-0.2, 0) is 4.79 Å². The largest absolute Gasteiger partial charge is 0.493 e. The van der Waals surface area contributed by atoms with E-state index in [4.69, 9.17) is 15.2 Å². The quantitative estimate of drug-likeness (QED) is 0.825. The molecular weight excluding hydrogens is 272 g/mol. The Kier molecular flexibility index (Phi) is 4.47. The van der Waals surface area contributed by atoms with Gasteiger partial charge in [-0.1, -0.05) is 0 Å². The molecule has 2 N–H and O–H groups in total. The molecule has 1 amide bonds. The Bertz CT molecular complexity index is 571. The van der Waals surface area contributed by atoms with Gasteiger partial charge in [0, 0.05) is 24.6 Å². The minimum Gasteiger partial charge on any atom is -0.493 e. The third-order valence-electron chi connectivity index (χ3n) is 3.71. The Morgan fingerprint density at radius 3 is 2.43 bits per heavy atom. The van der Waals surface area contributed by atoms with Gasteiger partial charge in [-0.25, -0.2) is 0 Å². The molecular formula is C15H20N2O4. The third-order valence-corrected chi connectivity index (χ3v) is 3.71. The Labute approximate surface area is 123 Å². The maximum absolute atomic E-state index is 12.2. The summed E-state index contributed by atoms with van der Waals surface area (Å²) in [5, 5.41) is 0. The minimum absolute atomic E-state index is 0.0276. The van der Waals surface area contributed by atoms with Gasteiger partial charge in [0.25, 0.3) is 0 Å². The van der Waals surface area contributed by atoms with Crippen LogP contribution in [-0.4, -0.2) is 39.0 Å². The van der Waals surface area contributed by atoms with Gasteiger partial charge < -0.3 is 20.1 Å². The second kappa shape index (κ2) is 6.13. The summed E-state index contributed by atoms with van der Waals surface area (Å²) in [5.41, 5.74) is 6.65. The summed E-state index contributed by atoms with van der Waals surface area (Å²) in [7, 11) is 3.02. The lowest BCUT2D eigenvalue weighted by Crippen LogP contribution is -2.27. The van der Waals surface area contributed by atoms with Crippen molar-refractivity contribution >= 4 is 17.4 Å². The average molecular weight is 292 g/mol. The lowest BCUT2D eigenvalue weighted by atomic mass is 10.1. The molecule has 0 bridgehead atoms. The number of methoxy groups -OCH3 is 2. The van der Waals surface area contributed by atoms with Gasteiger partial charge in [0.1, 0.15) is 0 Å². The van der Waals surface area contributed by atoms with Gasteiger partial charge in [-0.05, 0) is 25.5 Å². The van der Waals surface area contributed by atoms with Gasteiger partial charge >= 0.3 is 0 Å². The summed E-state index contributed by atoms with van der Waals surface area (Å²) in [6.07, 6.45) is 0.405. The molecule has 0 aliphatic carbocycles. The molecule has 6 nitrogen and oxygen atoms in total. The van der Waals surface area contributed by atoms with Crippen molar-refractivity contribution in [3.63, 3.8) is 0 Å². The van der Waals surface area contributed by atoms with Crippen LogP contribution < -0.4 is 20.1 Å². The summed E-state index contributed by atoms with van der Waals surface area (Å²) in [4.78, 5) is 25.7. The van der Waals surface area contributed by atoms with E-state index in [0.29, 0.717) is 42.3 Å². The second-order valence-corrected chi connectivity index (χ2v) is 5.09. The van der Waals surface area contributed by atoms with Crippen LogP contribution in [0.2, 0.25) is 0 Å². The van der Waals surface area contributed by atoms with Crippen LogP contribution in [0.25, 0.3) is 0 Å². The SMILES string of the molecule is COc1cc(C(C)=O)c(N2CC(CN)CC2=O)cc1OC. The first-order chi connectivity index (χ1) is 10.0. The molecule has 0 spiro atoms. The van der Waals surface area contributed by atoms with Crippen molar-refractivity contribution in [3.05, 3.63) is 17.7 Å². The highest BCUT2D eigenvalue weighted by atomic mass is 16.5. The summed E-state index contributed by atoms with van der Waals surface area (Å²) >= 11 is 0. The summed E-state index contributed by atoms with van der Waals surface area (Å²) in [6, 6.07) is 3.28. The molecule has 1 aliphatic rings. The van der Waals surface area contributed by atoms with Gasteiger partial charge in [-0.2, -0.15) is 0 Å². The van der Waals surface area contributed by atoms with E-state index in [2.05, 4.69) is 0 Å². The molecule has 1 atom stereocenters. The second-order valence-electron chi connectivity index (χ2n) is 5.09. The number of hydrogen-bond donors (Lipinski definition) is 1. The maximum atomic E-state index is 12.2. The number of ketones is 1. The number of hydrogen-bond acceptors (Lipinski definition) is 5. The smallest absolute Gasteiger partial charge is 0.227 e. The number of carbonyl (C=O) groups is 2.